The van der Waals surface area contributed by atoms with Crippen LogP contribution in [0.25, 0.3) is 0 Å². The van der Waals surface area contributed by atoms with E-state index < -0.39 is 0 Å². The standard InChI is InChI=1S/C8H16Cl/c1-3-4-5-6-7-8(2)9/h4,8H,3,5-7H2,1-2H3. The maximum Gasteiger partial charge on any atom is 0.0307 e. The van der Waals surface area contributed by atoms with Crippen molar-refractivity contribution in [3.63, 3.8) is 0 Å². The average Bonchev–Trinajstić information content (AvgIpc) is 1.80. The zero-order valence-corrected chi connectivity index (χ0v) is 7.12. The third-order valence-corrected chi connectivity index (χ3v) is 1.52. The third kappa shape index (κ3) is 8.29. The molecule has 0 spiro atoms. The molecule has 0 fully saturated rings. The van der Waals surface area contributed by atoms with Gasteiger partial charge in [0.05, 0.1) is 0 Å². The van der Waals surface area contributed by atoms with Gasteiger partial charge in [-0.1, -0.05) is 26.2 Å². The van der Waals surface area contributed by atoms with Gasteiger partial charge < -0.3 is 0 Å². The fraction of sp³-hybridized carbons (Fsp3) is 0.875. The van der Waals surface area contributed by atoms with Crippen LogP contribution >= 0.6 is 11.6 Å². The second kappa shape index (κ2) is 6.41. The Balaban J connectivity index is 2.75. The maximum atomic E-state index is 5.74. The minimum Gasteiger partial charge on any atom is -0.123 e. The van der Waals surface area contributed by atoms with Crippen LogP contribution in [0.3, 0.4) is 0 Å². The molecule has 0 bridgehead atoms. The molecule has 9 heavy (non-hydrogen) atoms. The van der Waals surface area contributed by atoms with E-state index in [-0.39, 0.29) is 0 Å². The van der Waals surface area contributed by atoms with Crippen LogP contribution in [0.4, 0.5) is 0 Å². The second-order valence-corrected chi connectivity index (χ2v) is 3.15. The number of alkyl halides is 1. The Labute approximate surface area is 63.6 Å². The van der Waals surface area contributed by atoms with Gasteiger partial charge in [-0.05, 0) is 19.8 Å². The van der Waals surface area contributed by atoms with Crippen molar-refractivity contribution in [1.82, 2.24) is 0 Å². The zero-order chi connectivity index (χ0) is 7.11. The van der Waals surface area contributed by atoms with Crippen LogP contribution in [0.1, 0.15) is 39.5 Å². The average molecular weight is 148 g/mol. The highest BCUT2D eigenvalue weighted by molar-refractivity contribution is 6.20. The summed E-state index contributed by atoms with van der Waals surface area (Å²) in [5.41, 5.74) is 0. The molecular formula is C8H16Cl. The number of unbranched alkanes of at least 4 members (excludes halogenated alkanes) is 3. The van der Waals surface area contributed by atoms with Crippen molar-refractivity contribution in [2.45, 2.75) is 44.9 Å². The summed E-state index contributed by atoms with van der Waals surface area (Å²) in [5, 5.41) is 0.357. The van der Waals surface area contributed by atoms with Gasteiger partial charge in [-0.15, -0.1) is 11.6 Å². The van der Waals surface area contributed by atoms with Gasteiger partial charge in [0.1, 0.15) is 0 Å². The summed E-state index contributed by atoms with van der Waals surface area (Å²) >= 11 is 5.74. The molecule has 1 heteroatoms. The zero-order valence-electron chi connectivity index (χ0n) is 6.36. The van der Waals surface area contributed by atoms with Gasteiger partial charge in [-0.3, -0.25) is 0 Å². The number of halogens is 1. The first-order valence-corrected chi connectivity index (χ1v) is 4.16. The summed E-state index contributed by atoms with van der Waals surface area (Å²) in [5.74, 6) is 0. The van der Waals surface area contributed by atoms with Gasteiger partial charge in [-0.25, -0.2) is 0 Å². The monoisotopic (exact) mass is 147 g/mol. The van der Waals surface area contributed by atoms with Crippen molar-refractivity contribution in [2.75, 3.05) is 0 Å². The van der Waals surface area contributed by atoms with Crippen LogP contribution < -0.4 is 0 Å². The molecule has 0 saturated heterocycles. The topological polar surface area (TPSA) is 0 Å². The minimum absolute atomic E-state index is 0.357. The molecule has 0 aliphatic heterocycles. The molecule has 0 aromatic heterocycles. The first-order valence-electron chi connectivity index (χ1n) is 3.73. The highest BCUT2D eigenvalue weighted by atomic mass is 35.5. The molecule has 1 radical (unpaired) electrons. The summed E-state index contributed by atoms with van der Waals surface area (Å²) in [6.07, 6.45) is 7.13. The van der Waals surface area contributed by atoms with Crippen molar-refractivity contribution in [3.05, 3.63) is 6.42 Å². The second-order valence-electron chi connectivity index (χ2n) is 2.41. The van der Waals surface area contributed by atoms with Crippen LogP contribution in [-0.4, -0.2) is 5.38 Å². The van der Waals surface area contributed by atoms with E-state index in [1.807, 2.05) is 6.92 Å². The van der Waals surface area contributed by atoms with Crippen molar-refractivity contribution in [3.8, 4) is 0 Å². The molecule has 0 aliphatic rings. The first-order chi connectivity index (χ1) is 4.27. The van der Waals surface area contributed by atoms with Crippen molar-refractivity contribution in [1.29, 1.82) is 0 Å². The first kappa shape index (κ1) is 9.29. The molecule has 0 saturated carbocycles. The Morgan fingerprint density at radius 2 is 2.22 bits per heavy atom. The molecule has 0 nitrogen and oxygen atoms in total. The Morgan fingerprint density at radius 3 is 2.67 bits per heavy atom. The summed E-state index contributed by atoms with van der Waals surface area (Å²) in [6.45, 7) is 4.22. The van der Waals surface area contributed by atoms with E-state index in [4.69, 9.17) is 11.6 Å². The maximum absolute atomic E-state index is 5.74. The van der Waals surface area contributed by atoms with Crippen molar-refractivity contribution >= 4 is 11.6 Å². The van der Waals surface area contributed by atoms with Gasteiger partial charge >= 0.3 is 0 Å². The smallest absolute Gasteiger partial charge is 0.0307 e. The molecule has 1 unspecified atom stereocenters. The summed E-state index contributed by atoms with van der Waals surface area (Å²) < 4.78 is 0. The number of hydrogen-bond donors (Lipinski definition) is 0. The SMILES string of the molecule is CC[CH]CCCC(C)Cl. The van der Waals surface area contributed by atoms with Gasteiger partial charge in [-0.2, -0.15) is 0 Å². The molecule has 0 amide bonds. The molecule has 0 heterocycles. The molecular weight excluding hydrogens is 132 g/mol. The van der Waals surface area contributed by atoms with E-state index in [2.05, 4.69) is 13.3 Å². The largest absolute Gasteiger partial charge is 0.123 e. The van der Waals surface area contributed by atoms with E-state index >= 15 is 0 Å². The molecule has 0 aromatic rings. The van der Waals surface area contributed by atoms with Crippen LogP contribution in [0, 0.1) is 6.42 Å². The lowest BCUT2D eigenvalue weighted by molar-refractivity contribution is 0.704. The van der Waals surface area contributed by atoms with Crippen molar-refractivity contribution in [2.24, 2.45) is 0 Å². The Bertz CT molecular complexity index is 50.5. The van der Waals surface area contributed by atoms with Crippen LogP contribution in [0.2, 0.25) is 0 Å². The predicted octanol–water partition coefficient (Wildman–Crippen LogP) is 3.40. The molecule has 0 aromatic carbocycles. The highest BCUT2D eigenvalue weighted by Gasteiger charge is 1.94. The normalized spacial score (nSPS) is 13.7. The summed E-state index contributed by atoms with van der Waals surface area (Å²) in [4.78, 5) is 0. The molecule has 0 aliphatic carbocycles. The Morgan fingerprint density at radius 1 is 1.56 bits per heavy atom. The van der Waals surface area contributed by atoms with Gasteiger partial charge in [0.2, 0.25) is 0 Å². The van der Waals surface area contributed by atoms with Crippen LogP contribution in [0.15, 0.2) is 0 Å². The van der Waals surface area contributed by atoms with Gasteiger partial charge in [0.15, 0.2) is 0 Å². The van der Waals surface area contributed by atoms with Gasteiger partial charge in [0, 0.05) is 5.38 Å². The van der Waals surface area contributed by atoms with E-state index in [1.165, 1.54) is 19.3 Å². The highest BCUT2D eigenvalue weighted by Crippen LogP contribution is 2.07. The molecule has 1 atom stereocenters. The fourth-order valence-electron chi connectivity index (χ4n) is 0.748. The van der Waals surface area contributed by atoms with Gasteiger partial charge in [0.25, 0.3) is 0 Å². The Hall–Kier alpha value is 0.290. The number of rotatable bonds is 5. The summed E-state index contributed by atoms with van der Waals surface area (Å²) in [7, 11) is 0. The van der Waals surface area contributed by atoms with Crippen LogP contribution in [-0.2, 0) is 0 Å². The lowest BCUT2D eigenvalue weighted by atomic mass is 10.1. The van der Waals surface area contributed by atoms with E-state index in [0.717, 1.165) is 6.42 Å². The van der Waals surface area contributed by atoms with Crippen LogP contribution in [0.5, 0.6) is 0 Å². The number of hydrogen-bond acceptors (Lipinski definition) is 0. The lowest BCUT2D eigenvalue weighted by Crippen LogP contribution is -1.89. The van der Waals surface area contributed by atoms with E-state index in [0.29, 0.717) is 5.38 Å². The fourth-order valence-corrected chi connectivity index (χ4v) is 0.902. The van der Waals surface area contributed by atoms with E-state index in [9.17, 15) is 0 Å². The minimum atomic E-state index is 0.357. The molecule has 0 rings (SSSR count). The predicted molar refractivity (Wildman–Crippen MR) is 43.8 cm³/mol. The lowest BCUT2D eigenvalue weighted by Gasteiger charge is -1.99. The quantitative estimate of drug-likeness (QED) is 0.413. The molecule has 55 valence electrons. The van der Waals surface area contributed by atoms with E-state index in [1.54, 1.807) is 0 Å². The Kier molecular flexibility index (Phi) is 6.62. The third-order valence-electron chi connectivity index (χ3n) is 1.30. The van der Waals surface area contributed by atoms with Crippen molar-refractivity contribution < 1.29 is 0 Å². The summed E-state index contributed by atoms with van der Waals surface area (Å²) in [6, 6.07) is 0. The molecule has 0 N–H and O–H groups in total.